The van der Waals surface area contributed by atoms with Gasteiger partial charge in [0.05, 0.1) is 18.8 Å². The van der Waals surface area contributed by atoms with Crippen molar-refractivity contribution in [3.05, 3.63) is 47.5 Å². The number of ether oxygens (including phenoxy) is 1. The topological polar surface area (TPSA) is 70.1 Å². The van der Waals surface area contributed by atoms with Crippen LogP contribution in [-0.2, 0) is 11.3 Å². The van der Waals surface area contributed by atoms with Gasteiger partial charge in [0.1, 0.15) is 5.82 Å². The van der Waals surface area contributed by atoms with Crippen LogP contribution < -0.4 is 5.73 Å². The molecule has 0 radical (unpaired) electrons. The first-order valence-electron chi connectivity index (χ1n) is 5.84. The van der Waals surface area contributed by atoms with Gasteiger partial charge in [0.25, 0.3) is 0 Å². The van der Waals surface area contributed by atoms with E-state index in [0.717, 1.165) is 5.56 Å². The van der Waals surface area contributed by atoms with Crippen molar-refractivity contribution in [2.45, 2.75) is 13.5 Å². The SMILES string of the molecule is CCOC(=O)c1nn(Cc2cccc(F)c2)cc1N. The number of anilines is 1. The Morgan fingerprint density at radius 3 is 3.00 bits per heavy atom. The number of nitrogens with two attached hydrogens (primary N) is 1. The van der Waals surface area contributed by atoms with Gasteiger partial charge in [-0.1, -0.05) is 12.1 Å². The number of carbonyl (C=O) groups excluding carboxylic acids is 1. The van der Waals surface area contributed by atoms with Gasteiger partial charge >= 0.3 is 5.97 Å². The van der Waals surface area contributed by atoms with Crippen LogP contribution in [0.1, 0.15) is 23.0 Å². The molecule has 0 aliphatic heterocycles. The Morgan fingerprint density at radius 2 is 2.32 bits per heavy atom. The fourth-order valence-electron chi connectivity index (χ4n) is 1.70. The van der Waals surface area contributed by atoms with Crippen molar-refractivity contribution in [2.24, 2.45) is 0 Å². The molecule has 0 unspecified atom stereocenters. The molecule has 0 aliphatic carbocycles. The van der Waals surface area contributed by atoms with Gasteiger partial charge in [-0.2, -0.15) is 5.10 Å². The Kier molecular flexibility index (Phi) is 3.79. The molecule has 2 rings (SSSR count). The summed E-state index contributed by atoms with van der Waals surface area (Å²) in [5, 5.41) is 4.05. The number of benzene rings is 1. The molecule has 5 nitrogen and oxygen atoms in total. The number of nitrogens with zero attached hydrogens (tertiary/aromatic N) is 2. The van der Waals surface area contributed by atoms with Crippen molar-refractivity contribution in [3.63, 3.8) is 0 Å². The standard InChI is InChI=1S/C13H14FN3O2/c1-2-19-13(18)12-11(15)8-17(16-12)7-9-4-3-5-10(14)6-9/h3-6,8H,2,7,15H2,1H3. The van der Waals surface area contributed by atoms with E-state index in [2.05, 4.69) is 5.10 Å². The van der Waals surface area contributed by atoms with Gasteiger partial charge in [0.2, 0.25) is 0 Å². The Hall–Kier alpha value is -2.37. The van der Waals surface area contributed by atoms with Crippen LogP contribution in [0.2, 0.25) is 0 Å². The van der Waals surface area contributed by atoms with Crippen LogP contribution in [0, 0.1) is 5.82 Å². The number of esters is 1. The molecule has 2 aromatic rings. The van der Waals surface area contributed by atoms with Crippen LogP contribution in [-0.4, -0.2) is 22.4 Å². The van der Waals surface area contributed by atoms with Crippen LogP contribution in [0.25, 0.3) is 0 Å². The van der Waals surface area contributed by atoms with Gasteiger partial charge in [-0.3, -0.25) is 4.68 Å². The zero-order chi connectivity index (χ0) is 13.8. The summed E-state index contributed by atoms with van der Waals surface area (Å²) in [6, 6.07) is 6.15. The predicted molar refractivity (Wildman–Crippen MR) is 68.1 cm³/mol. The minimum absolute atomic E-state index is 0.0817. The Morgan fingerprint density at radius 1 is 1.53 bits per heavy atom. The Bertz CT molecular complexity index is 595. The highest BCUT2D eigenvalue weighted by Gasteiger charge is 2.15. The summed E-state index contributed by atoms with van der Waals surface area (Å²) < 4.78 is 19.4. The van der Waals surface area contributed by atoms with E-state index in [9.17, 15) is 9.18 Å². The number of rotatable bonds is 4. The summed E-state index contributed by atoms with van der Waals surface area (Å²) in [6.45, 7) is 2.30. The molecule has 0 spiro atoms. The van der Waals surface area contributed by atoms with Gasteiger partial charge in [-0.05, 0) is 24.6 Å². The molecule has 0 aliphatic rings. The average molecular weight is 263 g/mol. The maximum absolute atomic E-state index is 13.1. The van der Waals surface area contributed by atoms with Crippen molar-refractivity contribution >= 4 is 11.7 Å². The van der Waals surface area contributed by atoms with Crippen molar-refractivity contribution < 1.29 is 13.9 Å². The number of carbonyl (C=O) groups is 1. The molecule has 0 fully saturated rings. The highest BCUT2D eigenvalue weighted by molar-refractivity contribution is 5.92. The molecule has 100 valence electrons. The average Bonchev–Trinajstić information content (AvgIpc) is 2.70. The third-order valence-corrected chi connectivity index (χ3v) is 2.49. The van der Waals surface area contributed by atoms with Crippen molar-refractivity contribution in [1.82, 2.24) is 9.78 Å². The summed E-state index contributed by atoms with van der Waals surface area (Å²) in [6.07, 6.45) is 1.52. The van der Waals surface area contributed by atoms with E-state index in [1.165, 1.54) is 23.0 Å². The van der Waals surface area contributed by atoms with Crippen molar-refractivity contribution in [2.75, 3.05) is 12.3 Å². The first-order valence-corrected chi connectivity index (χ1v) is 5.84. The van der Waals surface area contributed by atoms with E-state index in [4.69, 9.17) is 10.5 Å². The lowest BCUT2D eigenvalue weighted by atomic mass is 10.2. The maximum atomic E-state index is 13.1. The predicted octanol–water partition coefficient (Wildman–Crippen LogP) is 1.83. The molecule has 0 amide bonds. The molecule has 2 N–H and O–H groups in total. The molecule has 0 saturated carbocycles. The molecule has 1 heterocycles. The zero-order valence-corrected chi connectivity index (χ0v) is 10.5. The minimum atomic E-state index is -0.557. The van der Waals surface area contributed by atoms with Gasteiger partial charge in [-0.15, -0.1) is 0 Å². The van der Waals surface area contributed by atoms with Gasteiger partial charge in [-0.25, -0.2) is 9.18 Å². The summed E-state index contributed by atoms with van der Waals surface area (Å²) in [7, 11) is 0. The van der Waals surface area contributed by atoms with E-state index in [-0.39, 0.29) is 23.8 Å². The van der Waals surface area contributed by atoms with Crippen LogP contribution in [0.15, 0.2) is 30.5 Å². The molecule has 0 saturated heterocycles. The molecule has 19 heavy (non-hydrogen) atoms. The molecule has 0 atom stereocenters. The van der Waals surface area contributed by atoms with Gasteiger partial charge in [0.15, 0.2) is 5.69 Å². The van der Waals surface area contributed by atoms with Crippen LogP contribution in [0.3, 0.4) is 0 Å². The van der Waals surface area contributed by atoms with Crippen LogP contribution >= 0.6 is 0 Å². The second-order valence-electron chi connectivity index (χ2n) is 3.98. The Balaban J connectivity index is 2.18. The lowest BCUT2D eigenvalue weighted by Crippen LogP contribution is -2.09. The second kappa shape index (κ2) is 5.51. The monoisotopic (exact) mass is 263 g/mol. The summed E-state index contributed by atoms with van der Waals surface area (Å²) >= 11 is 0. The molecule has 0 bridgehead atoms. The quantitative estimate of drug-likeness (QED) is 0.854. The molecule has 1 aromatic heterocycles. The van der Waals surface area contributed by atoms with Crippen molar-refractivity contribution in [3.8, 4) is 0 Å². The number of aromatic nitrogens is 2. The van der Waals surface area contributed by atoms with E-state index in [1.54, 1.807) is 19.1 Å². The largest absolute Gasteiger partial charge is 0.461 e. The van der Waals surface area contributed by atoms with Gasteiger partial charge < -0.3 is 10.5 Å². The molecule has 1 aromatic carbocycles. The lowest BCUT2D eigenvalue weighted by molar-refractivity contribution is 0.0519. The third kappa shape index (κ3) is 3.09. The third-order valence-electron chi connectivity index (χ3n) is 2.49. The zero-order valence-electron chi connectivity index (χ0n) is 10.5. The lowest BCUT2D eigenvalue weighted by Gasteiger charge is -2.01. The van der Waals surface area contributed by atoms with E-state index in [0.29, 0.717) is 6.54 Å². The molecular weight excluding hydrogens is 249 g/mol. The summed E-state index contributed by atoms with van der Waals surface area (Å²) in [4.78, 5) is 11.5. The van der Waals surface area contributed by atoms with Crippen LogP contribution in [0.4, 0.5) is 10.1 Å². The molecular formula is C13H14FN3O2. The second-order valence-corrected chi connectivity index (χ2v) is 3.98. The number of hydrogen-bond donors (Lipinski definition) is 1. The summed E-state index contributed by atoms with van der Waals surface area (Å²) in [5.74, 6) is -0.874. The Labute approximate surface area is 109 Å². The maximum Gasteiger partial charge on any atom is 0.361 e. The van der Waals surface area contributed by atoms with Crippen LogP contribution in [0.5, 0.6) is 0 Å². The first kappa shape index (κ1) is 13.1. The first-order chi connectivity index (χ1) is 9.10. The molecule has 6 heteroatoms. The van der Waals surface area contributed by atoms with E-state index >= 15 is 0 Å². The van der Waals surface area contributed by atoms with E-state index < -0.39 is 5.97 Å². The fraction of sp³-hybridized carbons (Fsp3) is 0.231. The van der Waals surface area contributed by atoms with Crippen molar-refractivity contribution in [1.29, 1.82) is 0 Å². The summed E-state index contributed by atoms with van der Waals surface area (Å²) in [5.41, 5.74) is 6.76. The minimum Gasteiger partial charge on any atom is -0.461 e. The normalized spacial score (nSPS) is 10.4. The smallest absolute Gasteiger partial charge is 0.361 e. The van der Waals surface area contributed by atoms with E-state index in [1.807, 2.05) is 0 Å². The number of nitrogen functional groups attached to an aromatic ring is 1. The van der Waals surface area contributed by atoms with Gasteiger partial charge in [0, 0.05) is 6.20 Å². The fourth-order valence-corrected chi connectivity index (χ4v) is 1.70. The highest BCUT2D eigenvalue weighted by atomic mass is 19.1. The number of hydrogen-bond acceptors (Lipinski definition) is 4. The highest BCUT2D eigenvalue weighted by Crippen LogP contribution is 2.13. The number of halogens is 1.